The van der Waals surface area contributed by atoms with Crippen LogP contribution < -0.4 is 5.32 Å². The Morgan fingerprint density at radius 2 is 1.71 bits per heavy atom. The van der Waals surface area contributed by atoms with Crippen LogP contribution in [0.3, 0.4) is 0 Å². The Bertz CT molecular complexity index is 564. The lowest BCUT2D eigenvalue weighted by molar-refractivity contribution is 0.467. The van der Waals surface area contributed by atoms with E-state index in [2.05, 4.69) is 75.6 Å². The van der Waals surface area contributed by atoms with E-state index in [9.17, 15) is 0 Å². The predicted molar refractivity (Wildman–Crippen MR) is 92.0 cm³/mol. The molecule has 0 fully saturated rings. The van der Waals surface area contributed by atoms with Crippen LogP contribution in [0.25, 0.3) is 0 Å². The highest BCUT2D eigenvalue weighted by Gasteiger charge is 2.20. The van der Waals surface area contributed by atoms with Gasteiger partial charge in [0, 0.05) is 29.3 Å². The molecule has 3 heteroatoms. The summed E-state index contributed by atoms with van der Waals surface area (Å²) in [7, 11) is 0. The van der Waals surface area contributed by atoms with Crippen LogP contribution in [-0.2, 0) is 17.4 Å². The Morgan fingerprint density at radius 1 is 1.05 bits per heavy atom. The third-order valence-corrected chi connectivity index (χ3v) is 4.57. The number of benzene rings is 1. The fourth-order valence-corrected chi connectivity index (χ4v) is 3.20. The van der Waals surface area contributed by atoms with Crippen LogP contribution in [0.4, 0.5) is 0 Å². The highest BCUT2D eigenvalue weighted by Crippen LogP contribution is 2.24. The van der Waals surface area contributed by atoms with Crippen LogP contribution in [0.15, 0.2) is 35.7 Å². The van der Waals surface area contributed by atoms with Gasteiger partial charge in [-0.3, -0.25) is 0 Å². The second kappa shape index (κ2) is 6.29. The van der Waals surface area contributed by atoms with Gasteiger partial charge < -0.3 is 5.32 Å². The highest BCUT2D eigenvalue weighted by atomic mass is 32.1. The van der Waals surface area contributed by atoms with Crippen molar-refractivity contribution in [3.8, 4) is 0 Å². The summed E-state index contributed by atoms with van der Waals surface area (Å²) in [6, 6.07) is 10.7. The Morgan fingerprint density at radius 3 is 2.29 bits per heavy atom. The van der Waals surface area contributed by atoms with Crippen molar-refractivity contribution in [1.82, 2.24) is 10.3 Å². The maximum absolute atomic E-state index is 4.73. The third-order valence-electron chi connectivity index (χ3n) is 3.72. The number of rotatable bonds is 5. The number of nitrogens with zero attached hydrogens (tertiary/aromatic N) is 1. The zero-order valence-electron chi connectivity index (χ0n) is 13.7. The molecule has 0 saturated carbocycles. The first-order valence-electron chi connectivity index (χ1n) is 7.50. The Hall–Kier alpha value is -1.19. The molecule has 0 aliphatic rings. The average Bonchev–Trinajstić information content (AvgIpc) is 2.88. The number of hydrogen-bond donors (Lipinski definition) is 1. The molecule has 2 nitrogen and oxygen atoms in total. The van der Waals surface area contributed by atoms with Crippen LogP contribution >= 0.6 is 11.3 Å². The van der Waals surface area contributed by atoms with E-state index < -0.39 is 0 Å². The first-order valence-corrected chi connectivity index (χ1v) is 8.38. The summed E-state index contributed by atoms with van der Waals surface area (Å²) in [5, 5.41) is 6.90. The molecule has 0 saturated heterocycles. The van der Waals surface area contributed by atoms with E-state index in [1.54, 1.807) is 11.3 Å². The number of nitrogens with one attached hydrogen (secondary N) is 1. The number of thiazole rings is 1. The van der Waals surface area contributed by atoms with E-state index >= 15 is 0 Å². The SMILES string of the molecule is CC(C)(C)c1csc(CNCC(C)(C)c2ccccc2)n1. The summed E-state index contributed by atoms with van der Waals surface area (Å²) in [4.78, 5) is 4.73. The van der Waals surface area contributed by atoms with Crippen molar-refractivity contribution in [3.05, 3.63) is 52.0 Å². The third kappa shape index (κ3) is 4.39. The fourth-order valence-electron chi connectivity index (χ4n) is 2.21. The first-order chi connectivity index (χ1) is 9.79. The molecule has 114 valence electrons. The van der Waals surface area contributed by atoms with Gasteiger partial charge in [-0.25, -0.2) is 4.98 Å². The second-order valence-corrected chi connectivity index (χ2v) is 8.17. The lowest BCUT2D eigenvalue weighted by Crippen LogP contribution is -2.32. The zero-order valence-corrected chi connectivity index (χ0v) is 14.6. The Balaban J connectivity index is 1.91. The predicted octanol–water partition coefficient (Wildman–Crippen LogP) is 4.51. The smallest absolute Gasteiger partial charge is 0.107 e. The van der Waals surface area contributed by atoms with Crippen LogP contribution in [0, 0.1) is 0 Å². The maximum atomic E-state index is 4.73. The van der Waals surface area contributed by atoms with E-state index in [-0.39, 0.29) is 10.8 Å². The summed E-state index contributed by atoms with van der Waals surface area (Å²) in [6.45, 7) is 13.0. The summed E-state index contributed by atoms with van der Waals surface area (Å²) < 4.78 is 0. The molecule has 0 aliphatic heterocycles. The summed E-state index contributed by atoms with van der Waals surface area (Å²) >= 11 is 1.75. The molecule has 0 bridgehead atoms. The average molecular weight is 302 g/mol. The molecule has 2 rings (SSSR count). The maximum Gasteiger partial charge on any atom is 0.107 e. The van der Waals surface area contributed by atoms with Gasteiger partial charge in [-0.1, -0.05) is 65.0 Å². The van der Waals surface area contributed by atoms with Crippen molar-refractivity contribution in [2.24, 2.45) is 0 Å². The molecule has 1 aromatic heterocycles. The zero-order chi connectivity index (χ0) is 15.5. The first kappa shape index (κ1) is 16.2. The van der Waals surface area contributed by atoms with Crippen LogP contribution in [0.2, 0.25) is 0 Å². The van der Waals surface area contributed by atoms with Gasteiger partial charge >= 0.3 is 0 Å². The highest BCUT2D eigenvalue weighted by molar-refractivity contribution is 7.09. The minimum Gasteiger partial charge on any atom is -0.310 e. The summed E-state index contributed by atoms with van der Waals surface area (Å²) in [5.74, 6) is 0. The number of aromatic nitrogens is 1. The molecule has 0 spiro atoms. The standard InChI is InChI=1S/C18H26N2S/c1-17(2,3)15-12-21-16(20-15)11-19-13-18(4,5)14-9-7-6-8-10-14/h6-10,12,19H,11,13H2,1-5H3. The van der Waals surface area contributed by atoms with Crippen molar-refractivity contribution in [2.75, 3.05) is 6.54 Å². The van der Waals surface area contributed by atoms with Gasteiger partial charge in [0.05, 0.1) is 5.69 Å². The van der Waals surface area contributed by atoms with Gasteiger partial charge in [-0.05, 0) is 5.56 Å². The van der Waals surface area contributed by atoms with Crippen LogP contribution in [-0.4, -0.2) is 11.5 Å². The van der Waals surface area contributed by atoms with E-state index in [0.29, 0.717) is 0 Å². The number of hydrogen-bond acceptors (Lipinski definition) is 3. The van der Waals surface area contributed by atoms with Crippen molar-refractivity contribution in [1.29, 1.82) is 0 Å². The van der Waals surface area contributed by atoms with Crippen LogP contribution in [0.1, 0.15) is 50.9 Å². The molecule has 0 unspecified atom stereocenters. The van der Waals surface area contributed by atoms with Gasteiger partial charge in [0.25, 0.3) is 0 Å². The molecular weight excluding hydrogens is 276 g/mol. The second-order valence-electron chi connectivity index (χ2n) is 7.23. The van der Waals surface area contributed by atoms with E-state index in [4.69, 9.17) is 4.98 Å². The minimum absolute atomic E-state index is 0.130. The largest absolute Gasteiger partial charge is 0.310 e. The van der Waals surface area contributed by atoms with Crippen molar-refractivity contribution >= 4 is 11.3 Å². The lowest BCUT2D eigenvalue weighted by atomic mass is 9.85. The summed E-state index contributed by atoms with van der Waals surface area (Å²) in [6.07, 6.45) is 0. The van der Waals surface area contributed by atoms with Crippen molar-refractivity contribution in [3.63, 3.8) is 0 Å². The summed E-state index contributed by atoms with van der Waals surface area (Å²) in [5.41, 5.74) is 2.82. The molecule has 0 amide bonds. The lowest BCUT2D eigenvalue weighted by Gasteiger charge is -2.25. The minimum atomic E-state index is 0.130. The van der Waals surface area contributed by atoms with E-state index in [1.165, 1.54) is 16.3 Å². The molecule has 1 heterocycles. The Kier molecular flexibility index (Phi) is 4.84. The normalized spacial score (nSPS) is 12.6. The molecular formula is C18H26N2S. The van der Waals surface area contributed by atoms with Gasteiger partial charge in [0.15, 0.2) is 0 Å². The van der Waals surface area contributed by atoms with Gasteiger partial charge in [-0.2, -0.15) is 0 Å². The fraction of sp³-hybridized carbons (Fsp3) is 0.500. The van der Waals surface area contributed by atoms with E-state index in [0.717, 1.165) is 13.1 Å². The molecule has 21 heavy (non-hydrogen) atoms. The van der Waals surface area contributed by atoms with Gasteiger partial charge in [0.2, 0.25) is 0 Å². The Labute approximate surface area is 132 Å². The molecule has 2 aromatic rings. The molecule has 0 radical (unpaired) electrons. The van der Waals surface area contributed by atoms with Crippen LogP contribution in [0.5, 0.6) is 0 Å². The molecule has 0 aliphatic carbocycles. The van der Waals surface area contributed by atoms with Gasteiger partial charge in [0.1, 0.15) is 5.01 Å². The quantitative estimate of drug-likeness (QED) is 0.879. The topological polar surface area (TPSA) is 24.9 Å². The molecule has 1 aromatic carbocycles. The van der Waals surface area contributed by atoms with Gasteiger partial charge in [-0.15, -0.1) is 11.3 Å². The van der Waals surface area contributed by atoms with Crippen molar-refractivity contribution in [2.45, 2.75) is 52.0 Å². The van der Waals surface area contributed by atoms with E-state index in [1.807, 2.05) is 0 Å². The molecule has 0 atom stereocenters. The van der Waals surface area contributed by atoms with Crippen molar-refractivity contribution < 1.29 is 0 Å². The monoisotopic (exact) mass is 302 g/mol. The molecule has 1 N–H and O–H groups in total.